The van der Waals surface area contributed by atoms with E-state index in [1.807, 2.05) is 18.2 Å². The Kier molecular flexibility index (Phi) is 5.08. The summed E-state index contributed by atoms with van der Waals surface area (Å²) >= 11 is 0. The predicted molar refractivity (Wildman–Crippen MR) is 108 cm³/mol. The van der Waals surface area contributed by atoms with Crippen molar-refractivity contribution >= 4 is 11.6 Å². The molecule has 0 aromatic heterocycles. The van der Waals surface area contributed by atoms with Gasteiger partial charge in [0.2, 0.25) is 5.91 Å². The van der Waals surface area contributed by atoms with E-state index >= 15 is 0 Å². The molecule has 5 heteroatoms. The van der Waals surface area contributed by atoms with Gasteiger partial charge >= 0.3 is 0 Å². The Labute approximate surface area is 163 Å². The van der Waals surface area contributed by atoms with E-state index in [2.05, 4.69) is 41.7 Å². The minimum atomic E-state index is -0.543. The average Bonchev–Trinajstić information content (AvgIpc) is 3.12. The van der Waals surface area contributed by atoms with Crippen LogP contribution in [0.3, 0.4) is 0 Å². The third-order valence-corrected chi connectivity index (χ3v) is 4.88. The number of fused-ring (bicyclic) bond motifs is 1. The van der Waals surface area contributed by atoms with Crippen LogP contribution in [-0.4, -0.2) is 12.1 Å². The van der Waals surface area contributed by atoms with E-state index in [1.165, 1.54) is 28.8 Å². The lowest BCUT2D eigenvalue weighted by Crippen LogP contribution is -2.28. The Bertz CT molecular complexity index is 987. The number of benzene rings is 3. The average molecular weight is 376 g/mol. The fourth-order valence-corrected chi connectivity index (χ4v) is 3.39. The van der Waals surface area contributed by atoms with E-state index < -0.39 is 12.0 Å². The second kappa shape index (κ2) is 7.82. The van der Waals surface area contributed by atoms with Crippen LogP contribution < -0.4 is 15.8 Å². The summed E-state index contributed by atoms with van der Waals surface area (Å²) < 4.78 is 19.6. The molecule has 1 aliphatic rings. The summed E-state index contributed by atoms with van der Waals surface area (Å²) in [6, 6.07) is 21.4. The molecule has 1 heterocycles. The van der Waals surface area contributed by atoms with E-state index in [-0.39, 0.29) is 18.0 Å². The number of rotatable bonds is 6. The highest BCUT2D eigenvalue weighted by Gasteiger charge is 2.25. The van der Waals surface area contributed by atoms with Gasteiger partial charge in [0.25, 0.3) is 0 Å². The molecule has 4 nitrogen and oxygen atoms in total. The van der Waals surface area contributed by atoms with Crippen LogP contribution in [0.5, 0.6) is 5.75 Å². The maximum Gasteiger partial charge on any atom is 0.229 e. The van der Waals surface area contributed by atoms with Crippen molar-refractivity contribution < 1.29 is 13.9 Å². The number of carbonyl (C=O) groups excluding carboxylic acids is 1. The third-order valence-electron chi connectivity index (χ3n) is 4.88. The first kappa shape index (κ1) is 18.2. The van der Waals surface area contributed by atoms with Crippen LogP contribution in [0.4, 0.5) is 10.1 Å². The topological polar surface area (TPSA) is 64.3 Å². The molecule has 1 amide bonds. The van der Waals surface area contributed by atoms with Gasteiger partial charge in [0.1, 0.15) is 17.8 Å². The zero-order valence-electron chi connectivity index (χ0n) is 15.3. The Hall–Kier alpha value is -3.18. The molecule has 0 radical (unpaired) electrons. The van der Waals surface area contributed by atoms with Gasteiger partial charge in [-0.15, -0.1) is 0 Å². The number of carbonyl (C=O) groups is 1. The number of anilines is 1. The smallest absolute Gasteiger partial charge is 0.229 e. The zero-order chi connectivity index (χ0) is 19.5. The number of aryl methyl sites for hydroxylation is 1. The van der Waals surface area contributed by atoms with Crippen molar-refractivity contribution in [2.75, 3.05) is 5.32 Å². The van der Waals surface area contributed by atoms with Crippen LogP contribution >= 0.6 is 0 Å². The van der Waals surface area contributed by atoms with Gasteiger partial charge in [-0.3, -0.25) is 10.5 Å². The molecular weight excluding hydrogens is 355 g/mol. The maximum atomic E-state index is 13.8. The fourth-order valence-electron chi connectivity index (χ4n) is 3.39. The van der Waals surface area contributed by atoms with Crippen LogP contribution in [0.15, 0.2) is 66.7 Å². The van der Waals surface area contributed by atoms with Crippen molar-refractivity contribution in [2.45, 2.75) is 25.5 Å². The van der Waals surface area contributed by atoms with Gasteiger partial charge in [0.05, 0.1) is 12.1 Å². The first-order valence-corrected chi connectivity index (χ1v) is 9.28. The molecule has 1 aliphatic heterocycles. The van der Waals surface area contributed by atoms with Gasteiger partial charge in [-0.05, 0) is 35.2 Å². The molecule has 142 valence electrons. The van der Waals surface area contributed by atoms with E-state index in [9.17, 15) is 9.18 Å². The molecule has 0 bridgehead atoms. The summed E-state index contributed by atoms with van der Waals surface area (Å²) in [7, 11) is 0. The number of hydrogen-bond acceptors (Lipinski definition) is 3. The van der Waals surface area contributed by atoms with Crippen molar-refractivity contribution in [1.82, 2.24) is 0 Å². The van der Waals surface area contributed by atoms with E-state index in [1.54, 1.807) is 0 Å². The number of nitrogens with one attached hydrogen (secondary N) is 1. The van der Waals surface area contributed by atoms with Crippen LogP contribution in [0.2, 0.25) is 0 Å². The number of hydrogen-bond donors (Lipinski definition) is 2. The second-order valence-electron chi connectivity index (χ2n) is 6.88. The quantitative estimate of drug-likeness (QED) is 0.631. The van der Waals surface area contributed by atoms with E-state index in [0.717, 1.165) is 6.42 Å². The summed E-state index contributed by atoms with van der Waals surface area (Å²) in [6.07, 6.45) is 0.935. The van der Waals surface area contributed by atoms with Gasteiger partial charge in [0, 0.05) is 12.0 Å². The molecule has 1 atom stereocenters. The van der Waals surface area contributed by atoms with Gasteiger partial charge < -0.3 is 10.1 Å². The second-order valence-corrected chi connectivity index (χ2v) is 6.88. The van der Waals surface area contributed by atoms with Gasteiger partial charge in [-0.1, -0.05) is 54.6 Å². The molecule has 4 rings (SSSR count). The standard InChI is InChI=1S/C23H21FN2O2/c24-19-11-12-20(18-14-22(27)26-23(18)19)28-21(25)13-8-15-6-9-17(10-7-15)16-4-2-1-3-5-16/h1-7,9-12,21H,8,13-14,25H2,(H,26,27). The Balaban J connectivity index is 1.37. The van der Waals surface area contributed by atoms with Crippen molar-refractivity contribution in [3.63, 3.8) is 0 Å². The lowest BCUT2D eigenvalue weighted by Gasteiger charge is -2.17. The van der Waals surface area contributed by atoms with Crippen molar-refractivity contribution in [3.05, 3.63) is 83.7 Å². The molecule has 0 spiro atoms. The van der Waals surface area contributed by atoms with Crippen molar-refractivity contribution in [2.24, 2.45) is 5.73 Å². The minimum absolute atomic E-state index is 0.107. The van der Waals surface area contributed by atoms with Crippen LogP contribution in [-0.2, 0) is 17.6 Å². The first-order chi connectivity index (χ1) is 13.6. The van der Waals surface area contributed by atoms with Crippen LogP contribution in [0.1, 0.15) is 17.5 Å². The summed E-state index contributed by atoms with van der Waals surface area (Å²) in [4.78, 5) is 11.6. The Morgan fingerprint density at radius 3 is 2.46 bits per heavy atom. The third kappa shape index (κ3) is 3.89. The molecule has 0 aliphatic carbocycles. The fraction of sp³-hybridized carbons (Fsp3) is 0.174. The Morgan fingerprint density at radius 2 is 1.71 bits per heavy atom. The molecule has 0 saturated carbocycles. The summed E-state index contributed by atoms with van der Waals surface area (Å²) in [6.45, 7) is 0. The van der Waals surface area contributed by atoms with Gasteiger partial charge in [0.15, 0.2) is 0 Å². The molecule has 1 unspecified atom stereocenters. The largest absolute Gasteiger partial charge is 0.475 e. The van der Waals surface area contributed by atoms with Crippen molar-refractivity contribution in [3.8, 4) is 16.9 Å². The highest BCUT2D eigenvalue weighted by atomic mass is 19.1. The summed E-state index contributed by atoms with van der Waals surface area (Å²) in [5, 5.41) is 2.52. The van der Waals surface area contributed by atoms with Crippen LogP contribution in [0.25, 0.3) is 11.1 Å². The normalized spacial score (nSPS) is 13.7. The molecular formula is C23H21FN2O2. The van der Waals surface area contributed by atoms with E-state index in [0.29, 0.717) is 17.7 Å². The maximum absolute atomic E-state index is 13.8. The molecule has 0 fully saturated rings. The highest BCUT2D eigenvalue weighted by molar-refractivity contribution is 6.00. The Morgan fingerprint density at radius 1 is 1.00 bits per heavy atom. The predicted octanol–water partition coefficient (Wildman–Crippen LogP) is 4.28. The number of nitrogens with two attached hydrogens (primary N) is 1. The van der Waals surface area contributed by atoms with Crippen molar-refractivity contribution in [1.29, 1.82) is 0 Å². The molecule has 3 aromatic rings. The summed E-state index contributed by atoms with van der Waals surface area (Å²) in [5.74, 6) is -0.237. The highest BCUT2D eigenvalue weighted by Crippen LogP contribution is 2.34. The molecule has 0 saturated heterocycles. The molecule has 28 heavy (non-hydrogen) atoms. The van der Waals surface area contributed by atoms with Gasteiger partial charge in [-0.2, -0.15) is 0 Å². The minimum Gasteiger partial charge on any atom is -0.475 e. The molecule has 3 aromatic carbocycles. The summed E-state index contributed by atoms with van der Waals surface area (Å²) in [5.41, 5.74) is 10.4. The van der Waals surface area contributed by atoms with Crippen LogP contribution in [0, 0.1) is 5.82 Å². The number of halogens is 1. The van der Waals surface area contributed by atoms with Gasteiger partial charge in [-0.25, -0.2) is 4.39 Å². The number of amides is 1. The SMILES string of the molecule is NC(CCc1ccc(-c2ccccc2)cc1)Oc1ccc(F)c2c1CC(=O)N2. The first-order valence-electron chi connectivity index (χ1n) is 9.28. The number of ether oxygens (including phenoxy) is 1. The van der Waals surface area contributed by atoms with E-state index in [4.69, 9.17) is 10.5 Å². The lowest BCUT2D eigenvalue weighted by atomic mass is 10.0. The lowest BCUT2D eigenvalue weighted by molar-refractivity contribution is -0.115. The zero-order valence-corrected chi connectivity index (χ0v) is 15.3. The monoisotopic (exact) mass is 376 g/mol. The molecule has 3 N–H and O–H groups in total.